The van der Waals surface area contributed by atoms with Gasteiger partial charge in [0.2, 0.25) is 5.91 Å². The van der Waals surface area contributed by atoms with Crippen molar-refractivity contribution in [2.75, 3.05) is 16.8 Å². The third-order valence-electron chi connectivity index (χ3n) is 5.05. The Morgan fingerprint density at radius 3 is 2.53 bits per heavy atom. The Morgan fingerprint density at radius 1 is 1.07 bits per heavy atom. The van der Waals surface area contributed by atoms with E-state index >= 15 is 0 Å². The Hall–Kier alpha value is -2.97. The number of rotatable bonds is 4. The quantitative estimate of drug-likeness (QED) is 0.727. The van der Waals surface area contributed by atoms with E-state index in [0.29, 0.717) is 21.4 Å². The van der Waals surface area contributed by atoms with Gasteiger partial charge in [0.05, 0.1) is 5.69 Å². The zero-order valence-electron chi connectivity index (χ0n) is 16.1. The van der Waals surface area contributed by atoms with Crippen molar-refractivity contribution in [1.29, 1.82) is 0 Å². The molecule has 0 bridgehead atoms. The van der Waals surface area contributed by atoms with Crippen molar-refractivity contribution in [3.05, 3.63) is 57.6 Å². The monoisotopic (exact) mass is 445 g/mol. The molecule has 8 nitrogen and oxygen atoms in total. The first kappa shape index (κ1) is 20.3. The largest absolute Gasteiger partial charge is 0.324 e. The predicted molar refractivity (Wildman–Crippen MR) is 113 cm³/mol. The molecule has 0 unspecified atom stereocenters. The molecule has 2 heterocycles. The van der Waals surface area contributed by atoms with Gasteiger partial charge in [-0.2, -0.15) is 5.11 Å². The molecular weight excluding hydrogens is 429 g/mol. The molecule has 0 aromatic heterocycles. The fourth-order valence-corrected chi connectivity index (χ4v) is 3.74. The van der Waals surface area contributed by atoms with Crippen LogP contribution in [0.3, 0.4) is 0 Å². The minimum absolute atomic E-state index is 0.238. The number of carbonyl (C=O) groups excluding carboxylic acids is 3. The molecule has 0 saturated carbocycles. The number of nitrogens with zero attached hydrogens (tertiary/aromatic N) is 4. The number of imide groups is 1. The van der Waals surface area contributed by atoms with Gasteiger partial charge in [-0.15, -0.1) is 0 Å². The molecule has 2 aliphatic heterocycles. The zero-order chi connectivity index (χ0) is 21.6. The fourth-order valence-electron chi connectivity index (χ4n) is 3.39. The molecule has 2 aromatic carbocycles. The van der Waals surface area contributed by atoms with Gasteiger partial charge < -0.3 is 5.32 Å². The summed E-state index contributed by atoms with van der Waals surface area (Å²) in [6.45, 7) is 3.42. The first-order valence-corrected chi connectivity index (χ1v) is 9.89. The van der Waals surface area contributed by atoms with E-state index in [2.05, 4.69) is 15.7 Å². The number of hydrogen-bond donors (Lipinski definition) is 1. The smallest absolute Gasteiger partial charge is 0.263 e. The second-order valence-corrected chi connectivity index (χ2v) is 7.99. The lowest BCUT2D eigenvalue weighted by Gasteiger charge is -2.20. The van der Waals surface area contributed by atoms with Crippen molar-refractivity contribution in [2.24, 2.45) is 10.3 Å². The third kappa shape index (κ3) is 3.53. The van der Waals surface area contributed by atoms with E-state index < -0.39 is 29.8 Å². The van der Waals surface area contributed by atoms with Gasteiger partial charge in [-0.1, -0.05) is 40.6 Å². The van der Waals surface area contributed by atoms with Gasteiger partial charge in [-0.25, -0.2) is 4.90 Å². The molecule has 0 radical (unpaired) electrons. The molecule has 3 amide bonds. The summed E-state index contributed by atoms with van der Waals surface area (Å²) in [5.41, 5.74) is 2.59. The number of hydrogen-bond acceptors (Lipinski definition) is 6. The van der Waals surface area contributed by atoms with Gasteiger partial charge >= 0.3 is 0 Å². The molecular formula is C20H17Cl2N5O3. The molecule has 2 aromatic rings. The number of fused-ring (bicyclic) bond motifs is 1. The molecule has 10 heteroatoms. The minimum Gasteiger partial charge on any atom is -0.324 e. The summed E-state index contributed by atoms with van der Waals surface area (Å²) in [5, 5.41) is 12.7. The molecule has 30 heavy (non-hydrogen) atoms. The van der Waals surface area contributed by atoms with E-state index in [9.17, 15) is 14.4 Å². The minimum atomic E-state index is -0.988. The van der Waals surface area contributed by atoms with Crippen LogP contribution in [0, 0.1) is 13.8 Å². The summed E-state index contributed by atoms with van der Waals surface area (Å²) in [6, 6.07) is 8.12. The lowest BCUT2D eigenvalue weighted by molar-refractivity contribution is -0.123. The molecule has 1 N–H and O–H groups in total. The van der Waals surface area contributed by atoms with E-state index in [0.717, 1.165) is 16.0 Å². The molecule has 1 fully saturated rings. The summed E-state index contributed by atoms with van der Waals surface area (Å²) in [4.78, 5) is 39.3. The zero-order valence-corrected chi connectivity index (χ0v) is 17.6. The summed E-state index contributed by atoms with van der Waals surface area (Å²) >= 11 is 12.1. The summed E-state index contributed by atoms with van der Waals surface area (Å²) in [5.74, 6) is -1.40. The average molecular weight is 446 g/mol. The van der Waals surface area contributed by atoms with Crippen LogP contribution >= 0.6 is 23.2 Å². The standard InChI is InChI=1S/C20H17Cl2N5O3/c1-10-4-6-13(8-14(10)22)27-19(29)17-18(20(27)30)26(25-24-17)9-16(28)23-15-7-12(21)5-3-11(15)2/h3-8,17-18H,9H2,1-2H3,(H,23,28)/t17-,18-/m1/s1. The molecule has 0 spiro atoms. The second-order valence-electron chi connectivity index (χ2n) is 7.14. The van der Waals surface area contributed by atoms with E-state index in [4.69, 9.17) is 23.2 Å². The van der Waals surface area contributed by atoms with Crippen molar-refractivity contribution < 1.29 is 14.4 Å². The highest BCUT2D eigenvalue weighted by Gasteiger charge is 2.55. The highest BCUT2D eigenvalue weighted by molar-refractivity contribution is 6.32. The number of anilines is 2. The van der Waals surface area contributed by atoms with Gasteiger partial charge in [0.15, 0.2) is 12.1 Å². The lowest BCUT2D eigenvalue weighted by Crippen LogP contribution is -2.43. The number of benzene rings is 2. The van der Waals surface area contributed by atoms with Crippen molar-refractivity contribution in [3.8, 4) is 0 Å². The normalized spacial score (nSPS) is 20.1. The van der Waals surface area contributed by atoms with Crippen molar-refractivity contribution in [2.45, 2.75) is 25.9 Å². The Balaban J connectivity index is 1.51. The van der Waals surface area contributed by atoms with Crippen molar-refractivity contribution >= 4 is 52.3 Å². The van der Waals surface area contributed by atoms with Crippen LogP contribution in [0.15, 0.2) is 46.7 Å². The second kappa shape index (κ2) is 7.70. The van der Waals surface area contributed by atoms with Crippen LogP contribution in [-0.2, 0) is 14.4 Å². The van der Waals surface area contributed by atoms with Gasteiger partial charge in [-0.05, 0) is 49.2 Å². The Bertz CT molecular complexity index is 1100. The van der Waals surface area contributed by atoms with Crippen LogP contribution in [0.4, 0.5) is 11.4 Å². The van der Waals surface area contributed by atoms with E-state index in [1.54, 1.807) is 36.4 Å². The first-order chi connectivity index (χ1) is 14.3. The SMILES string of the molecule is Cc1ccc(N2C(=O)[C@@H]3N=NN(CC(=O)Nc4cc(Cl)ccc4C)[C@H]3C2=O)cc1Cl. The summed E-state index contributed by atoms with van der Waals surface area (Å²) < 4.78 is 0. The molecule has 154 valence electrons. The summed E-state index contributed by atoms with van der Waals surface area (Å²) in [7, 11) is 0. The predicted octanol–water partition coefficient (Wildman–Crippen LogP) is 3.54. The number of aryl methyl sites for hydroxylation is 2. The lowest BCUT2D eigenvalue weighted by atomic mass is 10.1. The van der Waals surface area contributed by atoms with Crippen LogP contribution in [-0.4, -0.2) is 41.4 Å². The van der Waals surface area contributed by atoms with Gasteiger partial charge in [0.25, 0.3) is 11.8 Å². The van der Waals surface area contributed by atoms with Crippen LogP contribution in [0.25, 0.3) is 0 Å². The van der Waals surface area contributed by atoms with Gasteiger partial charge in [0, 0.05) is 15.7 Å². The Morgan fingerprint density at radius 2 is 1.80 bits per heavy atom. The molecule has 2 aliphatic rings. The third-order valence-corrected chi connectivity index (χ3v) is 5.69. The van der Waals surface area contributed by atoms with Crippen molar-refractivity contribution in [1.82, 2.24) is 5.01 Å². The van der Waals surface area contributed by atoms with Crippen LogP contribution < -0.4 is 10.2 Å². The highest BCUT2D eigenvalue weighted by Crippen LogP contribution is 2.33. The average Bonchev–Trinajstić information content (AvgIpc) is 3.21. The first-order valence-electron chi connectivity index (χ1n) is 9.13. The summed E-state index contributed by atoms with van der Waals surface area (Å²) in [6.07, 6.45) is 0. The number of halogens is 2. The maximum Gasteiger partial charge on any atom is 0.263 e. The van der Waals surface area contributed by atoms with E-state index in [1.165, 1.54) is 5.01 Å². The van der Waals surface area contributed by atoms with Crippen LogP contribution in [0.1, 0.15) is 11.1 Å². The van der Waals surface area contributed by atoms with Crippen molar-refractivity contribution in [3.63, 3.8) is 0 Å². The van der Waals surface area contributed by atoms with Crippen LogP contribution in [0.2, 0.25) is 10.0 Å². The van der Waals surface area contributed by atoms with Gasteiger partial charge in [-0.3, -0.25) is 19.4 Å². The Kier molecular flexibility index (Phi) is 5.21. The Labute approximate surface area is 182 Å². The van der Waals surface area contributed by atoms with E-state index in [-0.39, 0.29) is 6.54 Å². The molecule has 0 aliphatic carbocycles. The topological polar surface area (TPSA) is 94.4 Å². The van der Waals surface area contributed by atoms with Crippen LogP contribution in [0.5, 0.6) is 0 Å². The highest BCUT2D eigenvalue weighted by atomic mass is 35.5. The van der Waals surface area contributed by atoms with Gasteiger partial charge in [0.1, 0.15) is 6.54 Å². The maximum absolute atomic E-state index is 13.0. The molecule has 4 rings (SSSR count). The molecule has 1 saturated heterocycles. The maximum atomic E-state index is 13.0. The number of nitrogens with one attached hydrogen (secondary N) is 1. The number of amides is 3. The number of carbonyl (C=O) groups is 3. The fraction of sp³-hybridized carbons (Fsp3) is 0.250. The molecule has 2 atom stereocenters. The van der Waals surface area contributed by atoms with E-state index in [1.807, 2.05) is 13.8 Å².